The summed E-state index contributed by atoms with van der Waals surface area (Å²) in [5.74, 6) is -0.250. The first-order valence-electron chi connectivity index (χ1n) is 9.68. The lowest BCUT2D eigenvalue weighted by atomic mass is 10.0. The summed E-state index contributed by atoms with van der Waals surface area (Å²) < 4.78 is 0. The van der Waals surface area contributed by atoms with Gasteiger partial charge in [0.15, 0.2) is 0 Å². The zero-order valence-corrected chi connectivity index (χ0v) is 16.8. The van der Waals surface area contributed by atoms with Crippen molar-refractivity contribution in [1.82, 2.24) is 10.3 Å². The highest BCUT2D eigenvalue weighted by Gasteiger charge is 2.15. The van der Waals surface area contributed by atoms with Crippen LogP contribution in [0.15, 0.2) is 72.8 Å². The van der Waals surface area contributed by atoms with Crippen LogP contribution in [0, 0.1) is 0 Å². The van der Waals surface area contributed by atoms with E-state index in [0.717, 1.165) is 5.56 Å². The summed E-state index contributed by atoms with van der Waals surface area (Å²) in [6.07, 6.45) is 0. The molecule has 5 nitrogen and oxygen atoms in total. The lowest BCUT2D eigenvalue weighted by Gasteiger charge is -2.14. The van der Waals surface area contributed by atoms with Crippen LogP contribution in [0.3, 0.4) is 0 Å². The van der Waals surface area contributed by atoms with E-state index in [0.29, 0.717) is 11.6 Å². The van der Waals surface area contributed by atoms with Crippen molar-refractivity contribution >= 4 is 17.5 Å². The number of aromatic nitrogens is 1. The Morgan fingerprint density at radius 3 is 1.97 bits per heavy atom. The molecule has 0 spiro atoms. The van der Waals surface area contributed by atoms with E-state index in [9.17, 15) is 9.59 Å². The van der Waals surface area contributed by atoms with Gasteiger partial charge < -0.3 is 10.6 Å². The van der Waals surface area contributed by atoms with Gasteiger partial charge in [0.05, 0.1) is 6.04 Å². The van der Waals surface area contributed by atoms with E-state index in [1.807, 2.05) is 61.5 Å². The smallest absolute Gasteiger partial charge is 0.274 e. The maximum Gasteiger partial charge on any atom is 0.274 e. The van der Waals surface area contributed by atoms with Gasteiger partial charge in [-0.05, 0) is 48.2 Å². The topological polar surface area (TPSA) is 71.1 Å². The van der Waals surface area contributed by atoms with Crippen molar-refractivity contribution in [2.75, 3.05) is 5.32 Å². The molecule has 3 rings (SSSR count). The standard InChI is InChI=1S/C24H25N3O2/c1-16(2)18-12-14-20(15-13-18)26-24(29)22-11-7-10-21(27-22)23(28)25-17(3)19-8-5-4-6-9-19/h4-17H,1-3H3,(H,25,28)(H,26,29). The van der Waals surface area contributed by atoms with Crippen LogP contribution in [0.5, 0.6) is 0 Å². The average Bonchev–Trinajstić information content (AvgIpc) is 2.74. The summed E-state index contributed by atoms with van der Waals surface area (Å²) in [5.41, 5.74) is 3.29. The lowest BCUT2D eigenvalue weighted by Crippen LogP contribution is -2.28. The van der Waals surface area contributed by atoms with Crippen molar-refractivity contribution in [1.29, 1.82) is 0 Å². The lowest BCUT2D eigenvalue weighted by molar-refractivity contribution is 0.0934. The highest BCUT2D eigenvalue weighted by Crippen LogP contribution is 2.18. The number of pyridine rings is 1. The third-order valence-electron chi connectivity index (χ3n) is 4.70. The normalized spacial score (nSPS) is 11.7. The summed E-state index contributed by atoms with van der Waals surface area (Å²) in [6.45, 7) is 6.14. The van der Waals surface area contributed by atoms with Crippen LogP contribution in [0.4, 0.5) is 5.69 Å². The van der Waals surface area contributed by atoms with Gasteiger partial charge in [-0.2, -0.15) is 0 Å². The van der Waals surface area contributed by atoms with Crippen LogP contribution in [-0.2, 0) is 0 Å². The molecule has 1 heterocycles. The van der Waals surface area contributed by atoms with E-state index in [-0.39, 0.29) is 29.2 Å². The predicted molar refractivity (Wildman–Crippen MR) is 115 cm³/mol. The fourth-order valence-electron chi connectivity index (χ4n) is 2.93. The molecule has 0 bridgehead atoms. The minimum absolute atomic E-state index is 0.164. The fraction of sp³-hybridized carbons (Fsp3) is 0.208. The second-order valence-electron chi connectivity index (χ2n) is 7.24. The van der Waals surface area contributed by atoms with Crippen molar-refractivity contribution in [3.8, 4) is 0 Å². The highest BCUT2D eigenvalue weighted by molar-refractivity contribution is 6.03. The van der Waals surface area contributed by atoms with E-state index in [1.165, 1.54) is 5.56 Å². The molecule has 0 radical (unpaired) electrons. The average molecular weight is 387 g/mol. The van der Waals surface area contributed by atoms with Crippen molar-refractivity contribution < 1.29 is 9.59 Å². The summed E-state index contributed by atoms with van der Waals surface area (Å²) in [4.78, 5) is 29.3. The quantitative estimate of drug-likeness (QED) is 0.629. The molecular formula is C24H25N3O2. The van der Waals surface area contributed by atoms with Crippen LogP contribution in [-0.4, -0.2) is 16.8 Å². The number of hydrogen-bond donors (Lipinski definition) is 2. The summed E-state index contributed by atoms with van der Waals surface area (Å²) in [7, 11) is 0. The Kier molecular flexibility index (Phi) is 6.39. The SMILES string of the molecule is CC(C)c1ccc(NC(=O)c2cccc(C(=O)NC(C)c3ccccc3)n2)cc1. The molecule has 1 unspecified atom stereocenters. The molecule has 2 aromatic carbocycles. The number of benzene rings is 2. The van der Waals surface area contributed by atoms with Crippen LogP contribution < -0.4 is 10.6 Å². The molecule has 0 aliphatic heterocycles. The van der Waals surface area contributed by atoms with Gasteiger partial charge in [-0.3, -0.25) is 9.59 Å². The summed E-state index contributed by atoms with van der Waals surface area (Å²) >= 11 is 0. The fourth-order valence-corrected chi connectivity index (χ4v) is 2.93. The Bertz CT molecular complexity index is 983. The van der Waals surface area contributed by atoms with Gasteiger partial charge in [0, 0.05) is 5.69 Å². The van der Waals surface area contributed by atoms with E-state index >= 15 is 0 Å². The van der Waals surface area contributed by atoms with Gasteiger partial charge in [-0.25, -0.2) is 4.98 Å². The second kappa shape index (κ2) is 9.15. The Morgan fingerprint density at radius 1 is 0.724 bits per heavy atom. The summed E-state index contributed by atoms with van der Waals surface area (Å²) in [6, 6.07) is 22.1. The van der Waals surface area contributed by atoms with Crippen LogP contribution >= 0.6 is 0 Å². The minimum atomic E-state index is -0.354. The molecule has 1 atom stereocenters. The number of rotatable bonds is 6. The Balaban J connectivity index is 1.68. The maximum absolute atomic E-state index is 12.6. The molecule has 2 amide bonds. The van der Waals surface area contributed by atoms with Crippen molar-refractivity contribution in [2.24, 2.45) is 0 Å². The number of anilines is 1. The van der Waals surface area contributed by atoms with Gasteiger partial charge in [0.25, 0.3) is 11.8 Å². The number of carbonyl (C=O) groups is 2. The predicted octanol–water partition coefficient (Wildman–Crippen LogP) is 4.95. The Morgan fingerprint density at radius 2 is 1.34 bits per heavy atom. The van der Waals surface area contributed by atoms with Gasteiger partial charge in [-0.1, -0.05) is 62.4 Å². The first-order valence-corrected chi connectivity index (χ1v) is 9.68. The molecule has 2 N–H and O–H groups in total. The zero-order valence-electron chi connectivity index (χ0n) is 16.8. The van der Waals surface area contributed by atoms with E-state index in [2.05, 4.69) is 29.5 Å². The Labute approximate surface area is 171 Å². The second-order valence-corrected chi connectivity index (χ2v) is 7.24. The number of amides is 2. The molecule has 1 aromatic heterocycles. The highest BCUT2D eigenvalue weighted by atomic mass is 16.2. The van der Waals surface area contributed by atoms with Crippen molar-refractivity contribution in [3.05, 3.63) is 95.3 Å². The van der Waals surface area contributed by atoms with E-state index < -0.39 is 0 Å². The van der Waals surface area contributed by atoms with E-state index in [1.54, 1.807) is 18.2 Å². The molecule has 0 aliphatic rings. The van der Waals surface area contributed by atoms with Crippen LogP contribution in [0.1, 0.15) is 64.8 Å². The monoisotopic (exact) mass is 387 g/mol. The van der Waals surface area contributed by atoms with Gasteiger partial charge >= 0.3 is 0 Å². The molecular weight excluding hydrogens is 362 g/mol. The molecule has 5 heteroatoms. The first-order chi connectivity index (χ1) is 13.9. The molecule has 29 heavy (non-hydrogen) atoms. The van der Waals surface area contributed by atoms with Crippen molar-refractivity contribution in [2.45, 2.75) is 32.7 Å². The number of hydrogen-bond acceptors (Lipinski definition) is 3. The Hall–Kier alpha value is -3.47. The number of nitrogens with one attached hydrogen (secondary N) is 2. The molecule has 0 aliphatic carbocycles. The molecule has 0 saturated carbocycles. The molecule has 0 fully saturated rings. The number of nitrogens with zero attached hydrogens (tertiary/aromatic N) is 1. The van der Waals surface area contributed by atoms with Gasteiger partial charge in [0.2, 0.25) is 0 Å². The zero-order chi connectivity index (χ0) is 20.8. The molecule has 3 aromatic rings. The van der Waals surface area contributed by atoms with Crippen LogP contribution in [0.2, 0.25) is 0 Å². The maximum atomic E-state index is 12.6. The largest absolute Gasteiger partial charge is 0.344 e. The van der Waals surface area contributed by atoms with Crippen LogP contribution in [0.25, 0.3) is 0 Å². The molecule has 148 valence electrons. The number of carbonyl (C=O) groups excluding carboxylic acids is 2. The third kappa shape index (κ3) is 5.29. The third-order valence-corrected chi connectivity index (χ3v) is 4.70. The summed E-state index contributed by atoms with van der Waals surface area (Å²) in [5, 5.41) is 5.74. The molecule has 0 saturated heterocycles. The first kappa shape index (κ1) is 20.3. The van der Waals surface area contributed by atoms with Gasteiger partial charge in [0.1, 0.15) is 11.4 Å². The van der Waals surface area contributed by atoms with Crippen molar-refractivity contribution in [3.63, 3.8) is 0 Å². The minimum Gasteiger partial charge on any atom is -0.344 e. The van der Waals surface area contributed by atoms with E-state index in [4.69, 9.17) is 0 Å². The van der Waals surface area contributed by atoms with Gasteiger partial charge in [-0.15, -0.1) is 0 Å².